The molecular weight excluding hydrogens is 318 g/mol. The third kappa shape index (κ3) is 4.57. The third-order valence-electron chi connectivity index (χ3n) is 4.55. The van der Waals surface area contributed by atoms with Crippen molar-refractivity contribution in [2.75, 3.05) is 6.54 Å². The second-order valence-corrected chi connectivity index (χ2v) is 8.31. The lowest BCUT2D eigenvalue weighted by Gasteiger charge is -2.34. The number of halogens is 1. The van der Waals surface area contributed by atoms with Gasteiger partial charge in [-0.15, -0.1) is 11.3 Å². The van der Waals surface area contributed by atoms with E-state index in [1.54, 1.807) is 0 Å². The minimum Gasteiger partial charge on any atom is -0.314 e. The van der Waals surface area contributed by atoms with Crippen molar-refractivity contribution in [3.05, 3.63) is 20.8 Å². The lowest BCUT2D eigenvalue weighted by atomic mass is 9.77. The van der Waals surface area contributed by atoms with Crippen LogP contribution in [0.1, 0.15) is 50.8 Å². The Balaban J connectivity index is 1.92. The fourth-order valence-electron chi connectivity index (χ4n) is 3.34. The molecule has 1 atom stereocenters. The zero-order valence-corrected chi connectivity index (χ0v) is 14.5. The monoisotopic (exact) mass is 343 g/mol. The summed E-state index contributed by atoms with van der Waals surface area (Å²) in [6.45, 7) is 5.66. The molecule has 1 aliphatic carbocycles. The van der Waals surface area contributed by atoms with Crippen LogP contribution < -0.4 is 5.32 Å². The van der Waals surface area contributed by atoms with Crippen molar-refractivity contribution in [3.63, 3.8) is 0 Å². The van der Waals surface area contributed by atoms with Crippen molar-refractivity contribution in [3.8, 4) is 0 Å². The molecule has 1 heterocycles. The maximum atomic E-state index is 3.73. The molecule has 1 N–H and O–H groups in total. The summed E-state index contributed by atoms with van der Waals surface area (Å²) in [4.78, 5) is 1.51. The van der Waals surface area contributed by atoms with Crippen LogP contribution in [0.3, 0.4) is 0 Å². The van der Waals surface area contributed by atoms with Crippen LogP contribution in [0.5, 0.6) is 0 Å². The first-order valence-electron chi connectivity index (χ1n) is 7.70. The molecule has 0 spiro atoms. The highest BCUT2D eigenvalue weighted by molar-refractivity contribution is 9.11. The van der Waals surface area contributed by atoms with Gasteiger partial charge in [-0.2, -0.15) is 0 Å². The quantitative estimate of drug-likeness (QED) is 0.743. The van der Waals surface area contributed by atoms with Gasteiger partial charge in [0.15, 0.2) is 0 Å². The standard InChI is InChI=1S/C16H26BrNS/c1-3-12-5-7-13(8-6-12)15(18-4-2)11-14-9-10-16(17)19-14/h9-10,12-13,15,18H,3-8,11H2,1-2H3. The van der Waals surface area contributed by atoms with Gasteiger partial charge in [0.05, 0.1) is 3.79 Å². The number of hydrogen-bond acceptors (Lipinski definition) is 2. The van der Waals surface area contributed by atoms with Crippen LogP contribution in [0, 0.1) is 11.8 Å². The topological polar surface area (TPSA) is 12.0 Å². The maximum absolute atomic E-state index is 3.73. The normalized spacial score (nSPS) is 25.4. The highest BCUT2D eigenvalue weighted by Gasteiger charge is 2.26. The summed E-state index contributed by atoms with van der Waals surface area (Å²) in [6, 6.07) is 5.13. The Labute approximate surface area is 130 Å². The van der Waals surface area contributed by atoms with E-state index < -0.39 is 0 Å². The predicted octanol–water partition coefficient (Wildman–Crippen LogP) is 5.25. The molecule has 0 bridgehead atoms. The number of hydrogen-bond donors (Lipinski definition) is 1. The zero-order chi connectivity index (χ0) is 13.7. The van der Waals surface area contributed by atoms with Gasteiger partial charge in [-0.1, -0.05) is 33.1 Å². The summed E-state index contributed by atoms with van der Waals surface area (Å²) in [6.07, 6.45) is 8.29. The minimum absolute atomic E-state index is 0.674. The second-order valence-electron chi connectivity index (χ2n) is 5.76. The van der Waals surface area contributed by atoms with Crippen molar-refractivity contribution >= 4 is 27.3 Å². The molecule has 1 aliphatic rings. The first-order chi connectivity index (χ1) is 9.22. The Bertz CT molecular complexity index is 369. The molecule has 1 saturated carbocycles. The largest absolute Gasteiger partial charge is 0.314 e. The van der Waals surface area contributed by atoms with Gasteiger partial charge in [0.25, 0.3) is 0 Å². The summed E-state index contributed by atoms with van der Waals surface area (Å²) in [5.41, 5.74) is 0. The Morgan fingerprint density at radius 2 is 2.00 bits per heavy atom. The average Bonchev–Trinajstić information content (AvgIpc) is 2.84. The van der Waals surface area contributed by atoms with Gasteiger partial charge in [0, 0.05) is 10.9 Å². The number of likely N-dealkylation sites (N-methyl/N-ethyl adjacent to an activating group) is 1. The Kier molecular flexibility index (Phi) is 6.37. The lowest BCUT2D eigenvalue weighted by molar-refractivity contribution is 0.218. The van der Waals surface area contributed by atoms with E-state index in [4.69, 9.17) is 0 Å². The molecule has 2 rings (SSSR count). The number of rotatable bonds is 6. The van der Waals surface area contributed by atoms with Gasteiger partial charge in [-0.3, -0.25) is 0 Å². The van der Waals surface area contributed by atoms with Crippen molar-refractivity contribution in [2.45, 2.75) is 58.4 Å². The summed E-state index contributed by atoms with van der Waals surface area (Å²) in [5.74, 6) is 1.87. The van der Waals surface area contributed by atoms with Gasteiger partial charge >= 0.3 is 0 Å². The van der Waals surface area contributed by atoms with Gasteiger partial charge in [-0.05, 0) is 65.7 Å². The van der Waals surface area contributed by atoms with Crippen LogP contribution in [0.2, 0.25) is 0 Å². The van der Waals surface area contributed by atoms with Crippen LogP contribution in [0.25, 0.3) is 0 Å². The van der Waals surface area contributed by atoms with Gasteiger partial charge in [-0.25, -0.2) is 0 Å². The van der Waals surface area contributed by atoms with E-state index in [2.05, 4.69) is 47.2 Å². The lowest BCUT2D eigenvalue weighted by Crippen LogP contribution is -2.39. The smallest absolute Gasteiger partial charge is 0.0701 e. The molecule has 1 fully saturated rings. The van der Waals surface area contributed by atoms with Crippen LogP contribution in [-0.4, -0.2) is 12.6 Å². The van der Waals surface area contributed by atoms with Crippen molar-refractivity contribution in [1.82, 2.24) is 5.32 Å². The zero-order valence-electron chi connectivity index (χ0n) is 12.1. The fraction of sp³-hybridized carbons (Fsp3) is 0.750. The third-order valence-corrected chi connectivity index (χ3v) is 6.20. The molecular formula is C16H26BrNS. The predicted molar refractivity (Wildman–Crippen MR) is 88.9 cm³/mol. The second kappa shape index (κ2) is 7.80. The molecule has 3 heteroatoms. The molecule has 0 amide bonds. The molecule has 1 aromatic heterocycles. The summed E-state index contributed by atoms with van der Waals surface area (Å²) < 4.78 is 1.26. The Morgan fingerprint density at radius 1 is 1.26 bits per heavy atom. The molecule has 0 aliphatic heterocycles. The Hall–Kier alpha value is 0.140. The van der Waals surface area contributed by atoms with Gasteiger partial charge < -0.3 is 5.32 Å². The van der Waals surface area contributed by atoms with E-state index >= 15 is 0 Å². The highest BCUT2D eigenvalue weighted by atomic mass is 79.9. The summed E-state index contributed by atoms with van der Waals surface area (Å²) in [5, 5.41) is 3.73. The van der Waals surface area contributed by atoms with E-state index in [-0.39, 0.29) is 0 Å². The van der Waals surface area contributed by atoms with Crippen LogP contribution >= 0.6 is 27.3 Å². The van der Waals surface area contributed by atoms with Crippen molar-refractivity contribution in [1.29, 1.82) is 0 Å². The van der Waals surface area contributed by atoms with E-state index in [1.807, 2.05) is 11.3 Å². The van der Waals surface area contributed by atoms with Crippen LogP contribution in [0.15, 0.2) is 15.9 Å². The molecule has 0 saturated heterocycles. The van der Waals surface area contributed by atoms with Crippen LogP contribution in [-0.2, 0) is 6.42 Å². The first-order valence-corrected chi connectivity index (χ1v) is 9.31. The van der Waals surface area contributed by atoms with E-state index in [0.717, 1.165) is 18.4 Å². The SMILES string of the molecule is CCNC(Cc1ccc(Br)s1)C1CCC(CC)CC1. The average molecular weight is 344 g/mol. The van der Waals surface area contributed by atoms with Gasteiger partial charge in [0.1, 0.15) is 0 Å². The minimum atomic E-state index is 0.674. The highest BCUT2D eigenvalue weighted by Crippen LogP contribution is 2.34. The molecule has 1 unspecified atom stereocenters. The summed E-state index contributed by atoms with van der Waals surface area (Å²) >= 11 is 5.46. The first kappa shape index (κ1) is 15.5. The van der Waals surface area contributed by atoms with E-state index in [0.29, 0.717) is 6.04 Å². The molecule has 0 radical (unpaired) electrons. The number of thiophene rings is 1. The molecule has 0 aromatic carbocycles. The Morgan fingerprint density at radius 3 is 2.53 bits per heavy atom. The van der Waals surface area contributed by atoms with Crippen molar-refractivity contribution in [2.24, 2.45) is 11.8 Å². The molecule has 19 heavy (non-hydrogen) atoms. The number of nitrogens with one attached hydrogen (secondary N) is 1. The van der Waals surface area contributed by atoms with Crippen molar-refractivity contribution < 1.29 is 0 Å². The summed E-state index contributed by atoms with van der Waals surface area (Å²) in [7, 11) is 0. The maximum Gasteiger partial charge on any atom is 0.0701 e. The molecule has 1 aromatic rings. The van der Waals surface area contributed by atoms with E-state index in [9.17, 15) is 0 Å². The van der Waals surface area contributed by atoms with Gasteiger partial charge in [0.2, 0.25) is 0 Å². The fourth-order valence-corrected chi connectivity index (χ4v) is 4.89. The van der Waals surface area contributed by atoms with E-state index in [1.165, 1.54) is 47.2 Å². The van der Waals surface area contributed by atoms with Crippen LogP contribution in [0.4, 0.5) is 0 Å². The molecule has 1 nitrogen and oxygen atoms in total. The molecule has 108 valence electrons.